The molecule has 0 aromatic heterocycles. The van der Waals surface area contributed by atoms with E-state index in [0.717, 1.165) is 25.7 Å². The fourth-order valence-electron chi connectivity index (χ4n) is 2.90. The first-order valence-electron chi connectivity index (χ1n) is 7.53. The molecule has 1 aliphatic rings. The zero-order chi connectivity index (χ0) is 15.3. The number of rotatable bonds is 6. The maximum absolute atomic E-state index is 12.7. The highest BCUT2D eigenvalue weighted by molar-refractivity contribution is 5.87. The molecule has 0 bridgehead atoms. The number of nitrogens with zero attached hydrogens (tertiary/aromatic N) is 1. The molecule has 1 rings (SSSR count). The van der Waals surface area contributed by atoms with Crippen LogP contribution in [0, 0.1) is 5.92 Å². The van der Waals surface area contributed by atoms with Crippen LogP contribution in [0.1, 0.15) is 53.4 Å². The molecule has 0 heterocycles. The predicted molar refractivity (Wildman–Crippen MR) is 78.1 cm³/mol. The topological polar surface area (TPSA) is 69.6 Å². The van der Waals surface area contributed by atoms with E-state index in [1.54, 1.807) is 18.7 Å². The van der Waals surface area contributed by atoms with Gasteiger partial charge in [0, 0.05) is 20.0 Å². The summed E-state index contributed by atoms with van der Waals surface area (Å²) in [6.07, 6.45) is 4.20. The van der Waals surface area contributed by atoms with Crippen LogP contribution in [0.15, 0.2) is 0 Å². The molecule has 0 aromatic carbocycles. The summed E-state index contributed by atoms with van der Waals surface area (Å²) in [5, 5.41) is 12.7. The summed E-state index contributed by atoms with van der Waals surface area (Å²) < 4.78 is 0. The van der Waals surface area contributed by atoms with E-state index >= 15 is 0 Å². The van der Waals surface area contributed by atoms with Gasteiger partial charge in [0.05, 0.1) is 5.60 Å². The van der Waals surface area contributed by atoms with Crippen molar-refractivity contribution in [3.63, 3.8) is 0 Å². The number of carbonyl (C=O) groups excluding carboxylic acids is 2. The Labute approximate surface area is 121 Å². The second-order valence-corrected chi connectivity index (χ2v) is 6.39. The van der Waals surface area contributed by atoms with E-state index in [1.807, 2.05) is 6.92 Å². The van der Waals surface area contributed by atoms with Crippen LogP contribution >= 0.6 is 0 Å². The standard InChI is InChI=1S/C15H28N2O3/c1-5-17(10-15(3,4)20)14(19)13(16-11(2)18)12-8-6-7-9-12/h12-13,20H,5-10H2,1-4H3,(H,16,18). The summed E-state index contributed by atoms with van der Waals surface area (Å²) in [5.74, 6) is -0.0199. The third-order valence-corrected chi connectivity index (χ3v) is 3.77. The lowest BCUT2D eigenvalue weighted by atomic mass is 9.96. The van der Waals surface area contributed by atoms with Crippen LogP contribution in [0.25, 0.3) is 0 Å². The molecule has 1 fully saturated rings. The molecule has 1 aliphatic carbocycles. The van der Waals surface area contributed by atoms with Crippen molar-refractivity contribution in [1.29, 1.82) is 0 Å². The third-order valence-electron chi connectivity index (χ3n) is 3.77. The first-order chi connectivity index (χ1) is 9.24. The third kappa shape index (κ3) is 5.12. The van der Waals surface area contributed by atoms with Gasteiger partial charge in [0.2, 0.25) is 11.8 Å². The normalized spacial score (nSPS) is 17.9. The van der Waals surface area contributed by atoms with Crippen LogP contribution < -0.4 is 5.32 Å². The molecule has 0 radical (unpaired) electrons. The highest BCUT2D eigenvalue weighted by atomic mass is 16.3. The van der Waals surface area contributed by atoms with Crippen molar-refractivity contribution >= 4 is 11.8 Å². The molecule has 1 unspecified atom stereocenters. The molecule has 116 valence electrons. The van der Waals surface area contributed by atoms with Crippen molar-refractivity contribution in [2.75, 3.05) is 13.1 Å². The molecule has 20 heavy (non-hydrogen) atoms. The first kappa shape index (κ1) is 17.0. The van der Waals surface area contributed by atoms with Gasteiger partial charge in [-0.25, -0.2) is 0 Å². The zero-order valence-electron chi connectivity index (χ0n) is 13.1. The molecule has 2 amide bonds. The average molecular weight is 284 g/mol. The van der Waals surface area contributed by atoms with Crippen molar-refractivity contribution in [2.45, 2.75) is 65.0 Å². The van der Waals surface area contributed by atoms with E-state index in [4.69, 9.17) is 0 Å². The molecule has 1 atom stereocenters. The second-order valence-electron chi connectivity index (χ2n) is 6.39. The van der Waals surface area contributed by atoms with E-state index in [1.165, 1.54) is 6.92 Å². The fraction of sp³-hybridized carbons (Fsp3) is 0.867. The summed E-state index contributed by atoms with van der Waals surface area (Å²) in [6.45, 7) is 7.53. The Kier molecular flexibility index (Phi) is 5.99. The molecule has 0 aliphatic heterocycles. The Balaban J connectivity index is 2.81. The van der Waals surface area contributed by atoms with Gasteiger partial charge >= 0.3 is 0 Å². The summed E-state index contributed by atoms with van der Waals surface area (Å²) in [4.78, 5) is 25.7. The highest BCUT2D eigenvalue weighted by Gasteiger charge is 2.34. The van der Waals surface area contributed by atoms with E-state index in [9.17, 15) is 14.7 Å². The van der Waals surface area contributed by atoms with Crippen LogP contribution in [0.3, 0.4) is 0 Å². The second kappa shape index (κ2) is 7.07. The number of likely N-dealkylation sites (N-methyl/N-ethyl adjacent to an activating group) is 1. The van der Waals surface area contributed by atoms with Gasteiger partial charge in [-0.2, -0.15) is 0 Å². The molecule has 0 aromatic rings. The summed E-state index contributed by atoms with van der Waals surface area (Å²) in [7, 11) is 0. The summed E-state index contributed by atoms with van der Waals surface area (Å²) in [6, 6.07) is -0.447. The predicted octanol–water partition coefficient (Wildman–Crippen LogP) is 1.30. The van der Waals surface area contributed by atoms with Gasteiger partial charge < -0.3 is 15.3 Å². The Bertz CT molecular complexity index is 344. The molecule has 0 spiro atoms. The van der Waals surface area contributed by atoms with Crippen molar-refractivity contribution in [3.05, 3.63) is 0 Å². The van der Waals surface area contributed by atoms with Crippen molar-refractivity contribution in [2.24, 2.45) is 5.92 Å². The number of aliphatic hydroxyl groups is 1. The number of hydrogen-bond donors (Lipinski definition) is 2. The van der Waals surface area contributed by atoms with Crippen molar-refractivity contribution in [3.8, 4) is 0 Å². The maximum atomic E-state index is 12.7. The number of carbonyl (C=O) groups is 2. The largest absolute Gasteiger partial charge is 0.389 e. The number of nitrogens with one attached hydrogen (secondary N) is 1. The van der Waals surface area contributed by atoms with Gasteiger partial charge in [-0.15, -0.1) is 0 Å². The smallest absolute Gasteiger partial charge is 0.245 e. The van der Waals surface area contributed by atoms with Gasteiger partial charge in [0.25, 0.3) is 0 Å². The van der Waals surface area contributed by atoms with Crippen LogP contribution in [0.4, 0.5) is 0 Å². The van der Waals surface area contributed by atoms with Crippen LogP contribution in [0.5, 0.6) is 0 Å². The van der Waals surface area contributed by atoms with E-state index in [-0.39, 0.29) is 24.3 Å². The van der Waals surface area contributed by atoms with Crippen molar-refractivity contribution < 1.29 is 14.7 Å². The summed E-state index contributed by atoms with van der Waals surface area (Å²) >= 11 is 0. The lowest BCUT2D eigenvalue weighted by Crippen LogP contribution is -2.54. The molecule has 2 N–H and O–H groups in total. The first-order valence-corrected chi connectivity index (χ1v) is 7.53. The van der Waals surface area contributed by atoms with Crippen LogP contribution in [0.2, 0.25) is 0 Å². The minimum absolute atomic E-state index is 0.0725. The van der Waals surface area contributed by atoms with Gasteiger partial charge in [0.1, 0.15) is 6.04 Å². The number of amides is 2. The quantitative estimate of drug-likeness (QED) is 0.772. The Hall–Kier alpha value is -1.10. The van der Waals surface area contributed by atoms with Crippen molar-refractivity contribution in [1.82, 2.24) is 10.2 Å². The Morgan fingerprint density at radius 2 is 1.90 bits per heavy atom. The Morgan fingerprint density at radius 3 is 2.30 bits per heavy atom. The average Bonchev–Trinajstić information content (AvgIpc) is 2.84. The molecular weight excluding hydrogens is 256 g/mol. The molecular formula is C15H28N2O3. The van der Waals surface area contributed by atoms with Crippen LogP contribution in [-0.4, -0.2) is 46.6 Å². The minimum Gasteiger partial charge on any atom is -0.389 e. The highest BCUT2D eigenvalue weighted by Crippen LogP contribution is 2.28. The van der Waals surface area contributed by atoms with E-state index in [2.05, 4.69) is 5.32 Å². The SMILES string of the molecule is CCN(CC(C)(C)O)C(=O)C(NC(C)=O)C1CCCC1. The number of hydrogen-bond acceptors (Lipinski definition) is 3. The van der Waals surface area contributed by atoms with Gasteiger partial charge in [-0.1, -0.05) is 12.8 Å². The molecule has 0 saturated heterocycles. The Morgan fingerprint density at radius 1 is 1.35 bits per heavy atom. The lowest BCUT2D eigenvalue weighted by molar-refractivity contribution is -0.140. The van der Waals surface area contributed by atoms with Gasteiger partial charge in [-0.3, -0.25) is 9.59 Å². The molecule has 1 saturated carbocycles. The van der Waals surface area contributed by atoms with E-state index in [0.29, 0.717) is 6.54 Å². The van der Waals surface area contributed by atoms with E-state index < -0.39 is 11.6 Å². The van der Waals surface area contributed by atoms with Crippen LogP contribution in [-0.2, 0) is 9.59 Å². The fourth-order valence-corrected chi connectivity index (χ4v) is 2.90. The lowest BCUT2D eigenvalue weighted by Gasteiger charge is -2.33. The zero-order valence-corrected chi connectivity index (χ0v) is 13.1. The minimum atomic E-state index is -0.928. The molecule has 5 nitrogen and oxygen atoms in total. The molecule has 5 heteroatoms. The monoisotopic (exact) mass is 284 g/mol. The van der Waals surface area contributed by atoms with Gasteiger partial charge in [0.15, 0.2) is 0 Å². The summed E-state index contributed by atoms with van der Waals surface area (Å²) in [5.41, 5.74) is -0.928. The maximum Gasteiger partial charge on any atom is 0.245 e. The van der Waals surface area contributed by atoms with Gasteiger partial charge in [-0.05, 0) is 39.5 Å².